The van der Waals surface area contributed by atoms with Gasteiger partial charge in [0.2, 0.25) is 0 Å². The van der Waals surface area contributed by atoms with Crippen LogP contribution in [-0.2, 0) is 23.9 Å². The first-order valence-corrected chi connectivity index (χ1v) is 8.42. The van der Waals surface area contributed by atoms with Crippen LogP contribution in [0.3, 0.4) is 0 Å². The van der Waals surface area contributed by atoms with E-state index in [1.165, 1.54) is 0 Å². The Morgan fingerprint density at radius 2 is 2.00 bits per heavy atom. The molecule has 0 fully saturated rings. The van der Waals surface area contributed by atoms with Gasteiger partial charge in [-0.15, -0.1) is 0 Å². The second kappa shape index (κ2) is 7.23. The normalized spacial score (nSPS) is 14.4. The summed E-state index contributed by atoms with van der Waals surface area (Å²) in [5.74, 6) is -1.70. The lowest BCUT2D eigenvalue weighted by atomic mass is 9.88. The largest absolute Gasteiger partial charge is 0.457 e. The zero-order valence-electron chi connectivity index (χ0n) is 14.7. The van der Waals surface area contributed by atoms with Crippen molar-refractivity contribution in [2.75, 3.05) is 0 Å². The van der Waals surface area contributed by atoms with E-state index in [1.807, 2.05) is 0 Å². The van der Waals surface area contributed by atoms with E-state index >= 15 is 0 Å². The Morgan fingerprint density at radius 1 is 1.29 bits per heavy atom. The Balaban J connectivity index is 2.18. The summed E-state index contributed by atoms with van der Waals surface area (Å²) >= 11 is 0. The zero-order valence-corrected chi connectivity index (χ0v) is 14.7. The summed E-state index contributed by atoms with van der Waals surface area (Å²) in [4.78, 5) is 12.1. The van der Waals surface area contributed by atoms with Crippen molar-refractivity contribution in [1.82, 2.24) is 0 Å². The second-order valence-electron chi connectivity index (χ2n) is 6.39. The number of fused-ring (bicyclic) bond motifs is 1. The van der Waals surface area contributed by atoms with Crippen molar-refractivity contribution in [2.24, 2.45) is 0 Å². The van der Waals surface area contributed by atoms with Gasteiger partial charge in [0, 0.05) is 5.56 Å². The van der Waals surface area contributed by atoms with Crippen molar-refractivity contribution in [2.45, 2.75) is 38.7 Å². The minimum Gasteiger partial charge on any atom is -0.457 e. The van der Waals surface area contributed by atoms with Crippen LogP contribution in [0, 0.1) is 17.1 Å². The van der Waals surface area contributed by atoms with E-state index in [1.54, 1.807) is 13.0 Å². The number of hydrogen-bond donors (Lipinski definition) is 0. The molecule has 28 heavy (non-hydrogen) atoms. The van der Waals surface area contributed by atoms with Gasteiger partial charge in [0.15, 0.2) is 0 Å². The molecule has 0 saturated carbocycles. The summed E-state index contributed by atoms with van der Waals surface area (Å²) in [5.41, 5.74) is -1.39. The standard InChI is InChI=1S/C20H14F5NO2/c1-2-17(22)14-7-12(21)5-11(8-26)13(14)6-10-3-4-16(20(23,24)25)15-9-28-19(27)18(10)15/h3-5,7,17H,2,6,9H2,1H3. The molecule has 0 spiro atoms. The molecule has 1 aliphatic heterocycles. The van der Waals surface area contributed by atoms with Crippen LogP contribution < -0.4 is 0 Å². The van der Waals surface area contributed by atoms with Gasteiger partial charge in [-0.25, -0.2) is 13.6 Å². The molecule has 146 valence electrons. The second-order valence-corrected chi connectivity index (χ2v) is 6.39. The fourth-order valence-electron chi connectivity index (χ4n) is 3.37. The van der Waals surface area contributed by atoms with Gasteiger partial charge >= 0.3 is 12.1 Å². The molecule has 0 radical (unpaired) electrons. The monoisotopic (exact) mass is 395 g/mol. The van der Waals surface area contributed by atoms with Crippen molar-refractivity contribution >= 4 is 5.97 Å². The lowest BCUT2D eigenvalue weighted by Gasteiger charge is -2.17. The molecule has 3 nitrogen and oxygen atoms in total. The van der Waals surface area contributed by atoms with Gasteiger partial charge < -0.3 is 4.74 Å². The number of ether oxygens (including phenoxy) is 1. The van der Waals surface area contributed by atoms with Crippen molar-refractivity contribution in [3.05, 3.63) is 69.0 Å². The number of cyclic esters (lactones) is 1. The average Bonchev–Trinajstić information content (AvgIpc) is 3.03. The van der Waals surface area contributed by atoms with E-state index in [4.69, 9.17) is 4.74 Å². The molecule has 0 amide bonds. The van der Waals surface area contributed by atoms with E-state index in [0.717, 1.165) is 24.3 Å². The third kappa shape index (κ3) is 3.44. The fraction of sp³-hybridized carbons (Fsp3) is 0.300. The van der Waals surface area contributed by atoms with Crippen LogP contribution in [0.5, 0.6) is 0 Å². The molecule has 1 unspecified atom stereocenters. The van der Waals surface area contributed by atoms with Gasteiger partial charge in [-0.3, -0.25) is 0 Å². The number of hydrogen-bond acceptors (Lipinski definition) is 3. The van der Waals surface area contributed by atoms with E-state index in [9.17, 15) is 32.0 Å². The van der Waals surface area contributed by atoms with Crippen molar-refractivity contribution in [3.8, 4) is 6.07 Å². The first-order valence-electron chi connectivity index (χ1n) is 8.42. The van der Waals surface area contributed by atoms with Crippen LogP contribution in [0.25, 0.3) is 0 Å². The minimum atomic E-state index is -4.66. The summed E-state index contributed by atoms with van der Waals surface area (Å²) in [6.45, 7) is 1.03. The van der Waals surface area contributed by atoms with Gasteiger partial charge in [0.1, 0.15) is 18.6 Å². The average molecular weight is 395 g/mol. The minimum absolute atomic E-state index is 0.0223. The van der Waals surface area contributed by atoms with Crippen LogP contribution >= 0.6 is 0 Å². The lowest BCUT2D eigenvalue weighted by molar-refractivity contribution is -0.138. The molecule has 0 saturated heterocycles. The highest BCUT2D eigenvalue weighted by atomic mass is 19.4. The number of carbonyl (C=O) groups excluding carboxylic acids is 1. The number of nitriles is 1. The van der Waals surface area contributed by atoms with Crippen LogP contribution in [0.4, 0.5) is 22.0 Å². The number of benzene rings is 2. The molecule has 0 aromatic heterocycles. The van der Waals surface area contributed by atoms with Crippen molar-refractivity contribution < 1.29 is 31.5 Å². The van der Waals surface area contributed by atoms with Crippen LogP contribution in [0.15, 0.2) is 24.3 Å². The van der Waals surface area contributed by atoms with E-state index < -0.39 is 36.3 Å². The molecule has 1 aliphatic rings. The highest BCUT2D eigenvalue weighted by Gasteiger charge is 2.39. The van der Waals surface area contributed by atoms with E-state index in [0.29, 0.717) is 0 Å². The third-order valence-corrected chi connectivity index (χ3v) is 4.69. The summed E-state index contributed by atoms with van der Waals surface area (Å²) in [5, 5.41) is 9.32. The van der Waals surface area contributed by atoms with Gasteiger partial charge in [-0.05, 0) is 47.7 Å². The molecular weight excluding hydrogens is 381 g/mol. The highest BCUT2D eigenvalue weighted by molar-refractivity contribution is 5.95. The molecule has 1 atom stereocenters. The maximum absolute atomic E-state index is 14.4. The number of rotatable bonds is 4. The highest BCUT2D eigenvalue weighted by Crippen LogP contribution is 2.39. The van der Waals surface area contributed by atoms with Crippen molar-refractivity contribution in [3.63, 3.8) is 0 Å². The van der Waals surface area contributed by atoms with Crippen LogP contribution in [-0.4, -0.2) is 5.97 Å². The molecular formula is C20H14F5NO2. The molecule has 2 aromatic carbocycles. The summed E-state index contributed by atoms with van der Waals surface area (Å²) in [6.07, 6.45) is -6.41. The number of nitrogens with zero attached hydrogens (tertiary/aromatic N) is 1. The molecule has 1 heterocycles. The molecule has 0 bridgehead atoms. The van der Waals surface area contributed by atoms with Gasteiger partial charge in [0.05, 0.1) is 22.8 Å². The Labute approximate surface area is 157 Å². The summed E-state index contributed by atoms with van der Waals surface area (Å²) < 4.78 is 72.6. The van der Waals surface area contributed by atoms with E-state index in [-0.39, 0.29) is 46.2 Å². The first-order chi connectivity index (χ1) is 13.2. The summed E-state index contributed by atoms with van der Waals surface area (Å²) in [7, 11) is 0. The number of alkyl halides is 4. The smallest absolute Gasteiger partial charge is 0.416 e. The van der Waals surface area contributed by atoms with Gasteiger partial charge in [0.25, 0.3) is 0 Å². The molecule has 0 N–H and O–H groups in total. The third-order valence-electron chi connectivity index (χ3n) is 4.69. The van der Waals surface area contributed by atoms with Crippen LogP contribution in [0.2, 0.25) is 0 Å². The number of halogens is 5. The van der Waals surface area contributed by atoms with Crippen molar-refractivity contribution in [1.29, 1.82) is 5.26 Å². The SMILES string of the molecule is CCC(F)c1cc(F)cc(C#N)c1Cc1ccc(C(F)(F)F)c2c1C(=O)OC2. The maximum atomic E-state index is 14.4. The Bertz CT molecular complexity index is 992. The quantitative estimate of drug-likeness (QED) is 0.515. The first kappa shape index (κ1) is 19.8. The van der Waals surface area contributed by atoms with Gasteiger partial charge in [-0.2, -0.15) is 18.4 Å². The molecule has 3 rings (SSSR count). The zero-order chi connectivity index (χ0) is 20.6. The molecule has 2 aromatic rings. The Morgan fingerprint density at radius 3 is 2.61 bits per heavy atom. The van der Waals surface area contributed by atoms with Gasteiger partial charge in [-0.1, -0.05) is 13.0 Å². The van der Waals surface area contributed by atoms with E-state index in [2.05, 4.69) is 0 Å². The van der Waals surface area contributed by atoms with Crippen LogP contribution in [0.1, 0.15) is 63.3 Å². The Kier molecular flexibility index (Phi) is 5.11. The predicted molar refractivity (Wildman–Crippen MR) is 88.6 cm³/mol. The molecule has 8 heteroatoms. The fourth-order valence-corrected chi connectivity index (χ4v) is 3.37. The lowest BCUT2D eigenvalue weighted by Crippen LogP contribution is -2.12. The number of carbonyl (C=O) groups is 1. The summed E-state index contributed by atoms with van der Waals surface area (Å²) in [6, 6.07) is 5.63. The topological polar surface area (TPSA) is 50.1 Å². The number of esters is 1. The molecule has 0 aliphatic carbocycles. The maximum Gasteiger partial charge on any atom is 0.416 e. The predicted octanol–water partition coefficient (Wildman–Crippen LogP) is 5.40. The Hall–Kier alpha value is -2.95.